The summed E-state index contributed by atoms with van der Waals surface area (Å²) in [6.45, 7) is 7.49. The van der Waals surface area contributed by atoms with E-state index in [0.717, 1.165) is 38.8 Å². The van der Waals surface area contributed by atoms with Crippen molar-refractivity contribution in [1.82, 2.24) is 10.2 Å². The predicted octanol–water partition coefficient (Wildman–Crippen LogP) is 2.53. The maximum absolute atomic E-state index is 12.1. The molecule has 0 unspecified atom stereocenters. The lowest BCUT2D eigenvalue weighted by atomic mass is 9.84. The SMILES string of the molecule is CC(C)(C)OC(=O)N1CCC(N[C@@H]2CCCC[C@@H]2CO)CC1. The summed E-state index contributed by atoms with van der Waals surface area (Å²) >= 11 is 0. The predicted molar refractivity (Wildman–Crippen MR) is 86.8 cm³/mol. The second-order valence-corrected chi connectivity index (χ2v) is 7.74. The fraction of sp³-hybridized carbons (Fsp3) is 0.941. The van der Waals surface area contributed by atoms with Gasteiger partial charge in [0, 0.05) is 31.8 Å². The molecule has 2 rings (SSSR count). The van der Waals surface area contributed by atoms with Gasteiger partial charge in [0.15, 0.2) is 0 Å². The highest BCUT2D eigenvalue weighted by atomic mass is 16.6. The molecular formula is C17H32N2O3. The maximum atomic E-state index is 12.1. The Balaban J connectivity index is 1.76. The number of hydrogen-bond donors (Lipinski definition) is 2. The number of nitrogens with zero attached hydrogens (tertiary/aromatic N) is 1. The Labute approximate surface area is 134 Å². The number of carbonyl (C=O) groups is 1. The van der Waals surface area contributed by atoms with Gasteiger partial charge >= 0.3 is 6.09 Å². The quantitative estimate of drug-likeness (QED) is 0.840. The van der Waals surface area contributed by atoms with E-state index in [1.165, 1.54) is 12.8 Å². The molecule has 1 saturated heterocycles. The van der Waals surface area contributed by atoms with Crippen LogP contribution in [0.4, 0.5) is 4.79 Å². The molecule has 0 radical (unpaired) electrons. The van der Waals surface area contributed by atoms with Gasteiger partial charge in [-0.15, -0.1) is 0 Å². The van der Waals surface area contributed by atoms with Crippen molar-refractivity contribution in [2.75, 3.05) is 19.7 Å². The van der Waals surface area contributed by atoms with E-state index in [9.17, 15) is 9.90 Å². The van der Waals surface area contributed by atoms with Crippen LogP contribution in [0.5, 0.6) is 0 Å². The molecule has 22 heavy (non-hydrogen) atoms. The maximum Gasteiger partial charge on any atom is 0.410 e. The molecule has 0 aromatic carbocycles. The molecule has 5 nitrogen and oxygen atoms in total. The zero-order valence-corrected chi connectivity index (χ0v) is 14.3. The van der Waals surface area contributed by atoms with E-state index in [4.69, 9.17) is 4.74 Å². The van der Waals surface area contributed by atoms with Crippen LogP contribution in [0.25, 0.3) is 0 Å². The number of hydrogen-bond acceptors (Lipinski definition) is 4. The molecule has 0 aromatic heterocycles. The van der Waals surface area contributed by atoms with E-state index >= 15 is 0 Å². The van der Waals surface area contributed by atoms with Crippen LogP contribution in [0.2, 0.25) is 0 Å². The molecule has 2 atom stereocenters. The number of likely N-dealkylation sites (tertiary alicyclic amines) is 1. The molecule has 1 saturated carbocycles. The van der Waals surface area contributed by atoms with E-state index in [1.807, 2.05) is 25.7 Å². The first-order valence-electron chi connectivity index (χ1n) is 8.74. The average molecular weight is 312 g/mol. The van der Waals surface area contributed by atoms with Crippen LogP contribution in [0.1, 0.15) is 59.3 Å². The van der Waals surface area contributed by atoms with E-state index in [0.29, 0.717) is 18.0 Å². The number of aliphatic hydroxyl groups excluding tert-OH is 1. The number of amides is 1. The lowest BCUT2D eigenvalue weighted by Crippen LogP contribution is -2.51. The Bertz CT molecular complexity index is 359. The van der Waals surface area contributed by atoms with Crippen molar-refractivity contribution in [2.45, 2.75) is 77.0 Å². The standard InChI is InChI=1S/C17H32N2O3/c1-17(2,3)22-16(21)19-10-8-14(9-11-19)18-15-7-5-4-6-13(15)12-20/h13-15,18,20H,4-12H2,1-3H3/t13-,15-/m1/s1. The highest BCUT2D eigenvalue weighted by molar-refractivity contribution is 5.68. The summed E-state index contributed by atoms with van der Waals surface area (Å²) in [5.74, 6) is 0.401. The van der Waals surface area contributed by atoms with Crippen molar-refractivity contribution in [3.05, 3.63) is 0 Å². The van der Waals surface area contributed by atoms with Gasteiger partial charge in [-0.1, -0.05) is 12.8 Å². The van der Waals surface area contributed by atoms with Gasteiger partial charge in [-0.2, -0.15) is 0 Å². The third kappa shape index (κ3) is 5.13. The minimum absolute atomic E-state index is 0.197. The number of carbonyl (C=O) groups excluding carboxylic acids is 1. The summed E-state index contributed by atoms with van der Waals surface area (Å²) in [5, 5.41) is 13.2. The van der Waals surface area contributed by atoms with Gasteiger partial charge in [0.1, 0.15) is 5.60 Å². The summed E-state index contributed by atoms with van der Waals surface area (Å²) in [6.07, 6.45) is 6.52. The smallest absolute Gasteiger partial charge is 0.410 e. The third-order valence-corrected chi connectivity index (χ3v) is 4.74. The van der Waals surface area contributed by atoms with Crippen LogP contribution in [0, 0.1) is 5.92 Å². The Morgan fingerprint density at radius 3 is 2.41 bits per heavy atom. The zero-order chi connectivity index (χ0) is 16.2. The third-order valence-electron chi connectivity index (χ3n) is 4.74. The van der Waals surface area contributed by atoms with Crippen molar-refractivity contribution in [3.63, 3.8) is 0 Å². The molecule has 1 amide bonds. The van der Waals surface area contributed by atoms with Gasteiger partial charge in [0.25, 0.3) is 0 Å². The number of ether oxygens (including phenoxy) is 1. The Kier molecular flexibility index (Phi) is 6.09. The van der Waals surface area contributed by atoms with Gasteiger partial charge < -0.3 is 20.1 Å². The summed E-state index contributed by atoms with van der Waals surface area (Å²) in [5.41, 5.74) is -0.428. The van der Waals surface area contributed by atoms with Crippen LogP contribution in [-0.2, 0) is 4.74 Å². The normalized spacial score (nSPS) is 27.7. The first-order valence-corrected chi connectivity index (χ1v) is 8.74. The Hall–Kier alpha value is -0.810. The molecule has 5 heteroatoms. The molecule has 0 bridgehead atoms. The van der Waals surface area contributed by atoms with E-state index < -0.39 is 5.60 Å². The highest BCUT2D eigenvalue weighted by Crippen LogP contribution is 2.25. The van der Waals surface area contributed by atoms with Crippen molar-refractivity contribution in [1.29, 1.82) is 0 Å². The molecular weight excluding hydrogens is 280 g/mol. The summed E-state index contributed by atoms with van der Waals surface area (Å²) in [7, 11) is 0. The number of piperidine rings is 1. The molecule has 2 fully saturated rings. The number of rotatable bonds is 3. The van der Waals surface area contributed by atoms with E-state index in [1.54, 1.807) is 0 Å². The Morgan fingerprint density at radius 1 is 1.18 bits per heavy atom. The van der Waals surface area contributed by atoms with E-state index in [2.05, 4.69) is 5.32 Å². The van der Waals surface area contributed by atoms with Crippen molar-refractivity contribution < 1.29 is 14.6 Å². The van der Waals surface area contributed by atoms with Crippen molar-refractivity contribution >= 4 is 6.09 Å². The van der Waals surface area contributed by atoms with Crippen LogP contribution < -0.4 is 5.32 Å². The molecule has 1 heterocycles. The minimum atomic E-state index is -0.428. The van der Waals surface area contributed by atoms with Crippen LogP contribution in [0.3, 0.4) is 0 Å². The lowest BCUT2D eigenvalue weighted by molar-refractivity contribution is 0.0189. The first kappa shape index (κ1) is 17.5. The molecule has 0 aromatic rings. The topological polar surface area (TPSA) is 61.8 Å². The van der Waals surface area contributed by atoms with Gasteiger partial charge in [-0.3, -0.25) is 0 Å². The summed E-state index contributed by atoms with van der Waals surface area (Å²) in [4.78, 5) is 13.9. The molecule has 0 spiro atoms. The molecule has 128 valence electrons. The number of aliphatic hydroxyl groups is 1. The first-order chi connectivity index (χ1) is 10.4. The zero-order valence-electron chi connectivity index (χ0n) is 14.3. The Morgan fingerprint density at radius 2 is 1.82 bits per heavy atom. The van der Waals surface area contributed by atoms with Gasteiger partial charge in [-0.25, -0.2) is 4.79 Å². The van der Waals surface area contributed by atoms with Crippen LogP contribution in [0.15, 0.2) is 0 Å². The van der Waals surface area contributed by atoms with Gasteiger partial charge in [0.2, 0.25) is 0 Å². The average Bonchev–Trinajstić information content (AvgIpc) is 2.47. The highest BCUT2D eigenvalue weighted by Gasteiger charge is 2.30. The molecule has 1 aliphatic heterocycles. The summed E-state index contributed by atoms with van der Waals surface area (Å²) in [6, 6.07) is 0.896. The van der Waals surface area contributed by atoms with Gasteiger partial charge in [-0.05, 0) is 52.4 Å². The van der Waals surface area contributed by atoms with Crippen LogP contribution in [-0.4, -0.2) is 53.5 Å². The minimum Gasteiger partial charge on any atom is -0.444 e. The van der Waals surface area contributed by atoms with Gasteiger partial charge in [0.05, 0.1) is 0 Å². The summed E-state index contributed by atoms with van der Waals surface area (Å²) < 4.78 is 5.43. The monoisotopic (exact) mass is 312 g/mol. The molecule has 1 aliphatic carbocycles. The van der Waals surface area contributed by atoms with Crippen molar-refractivity contribution in [3.8, 4) is 0 Å². The lowest BCUT2D eigenvalue weighted by Gasteiger charge is -2.38. The molecule has 2 N–H and O–H groups in total. The second kappa shape index (κ2) is 7.64. The van der Waals surface area contributed by atoms with Crippen LogP contribution >= 0.6 is 0 Å². The fourth-order valence-corrected chi connectivity index (χ4v) is 3.50. The molecule has 2 aliphatic rings. The van der Waals surface area contributed by atoms with Crippen molar-refractivity contribution in [2.24, 2.45) is 5.92 Å². The van der Waals surface area contributed by atoms with E-state index in [-0.39, 0.29) is 12.7 Å². The fourth-order valence-electron chi connectivity index (χ4n) is 3.50. The second-order valence-electron chi connectivity index (χ2n) is 7.74. The largest absolute Gasteiger partial charge is 0.444 e. The number of nitrogens with one attached hydrogen (secondary N) is 1.